The Balaban J connectivity index is 3.20. The van der Waals surface area contributed by atoms with E-state index in [1.807, 2.05) is 0 Å². The molecular formula is C11H13N5O3S. The minimum atomic E-state index is -3.42. The molecule has 0 atom stereocenters. The van der Waals surface area contributed by atoms with Crippen molar-refractivity contribution in [3.63, 3.8) is 0 Å². The molecule has 0 unspecified atom stereocenters. The Kier molecular flexibility index (Phi) is 4.66. The molecule has 0 radical (unpaired) electrons. The van der Waals surface area contributed by atoms with Crippen molar-refractivity contribution in [1.82, 2.24) is 0 Å². The van der Waals surface area contributed by atoms with Crippen LogP contribution >= 0.6 is 0 Å². The van der Waals surface area contributed by atoms with Gasteiger partial charge in [0.05, 0.1) is 17.7 Å². The van der Waals surface area contributed by atoms with Crippen LogP contribution in [0.5, 0.6) is 5.75 Å². The Bertz CT molecular complexity index is 703. The van der Waals surface area contributed by atoms with Crippen LogP contribution in [0.25, 0.3) is 0 Å². The molecule has 0 amide bonds. The quantitative estimate of drug-likeness (QED) is 0.406. The largest absolute Gasteiger partial charge is 0.497 e. The van der Waals surface area contributed by atoms with Crippen molar-refractivity contribution in [3.05, 3.63) is 18.2 Å². The molecule has 9 heteroatoms. The lowest BCUT2D eigenvalue weighted by Gasteiger charge is -2.07. The number of nitrogens with two attached hydrogens (primary N) is 1. The van der Waals surface area contributed by atoms with Gasteiger partial charge in [-0.1, -0.05) is 0 Å². The number of benzene rings is 1. The zero-order chi connectivity index (χ0) is 15.3. The molecule has 0 bridgehead atoms. The Morgan fingerprint density at radius 3 is 2.60 bits per heavy atom. The van der Waals surface area contributed by atoms with Gasteiger partial charge in [0.25, 0.3) is 0 Å². The molecule has 0 aromatic heterocycles. The third-order valence-corrected chi connectivity index (χ3v) is 3.29. The van der Waals surface area contributed by atoms with Gasteiger partial charge in [0.2, 0.25) is 5.71 Å². The van der Waals surface area contributed by atoms with Crippen molar-refractivity contribution in [2.24, 2.45) is 10.8 Å². The van der Waals surface area contributed by atoms with E-state index < -0.39 is 15.7 Å². The normalized spacial score (nSPS) is 11.6. The van der Waals surface area contributed by atoms with Crippen molar-refractivity contribution in [1.29, 1.82) is 10.7 Å². The van der Waals surface area contributed by atoms with Crippen molar-refractivity contribution in [2.45, 2.75) is 4.90 Å². The number of sulfone groups is 1. The van der Waals surface area contributed by atoms with Crippen LogP contribution in [-0.4, -0.2) is 33.3 Å². The molecule has 0 fully saturated rings. The average molecular weight is 295 g/mol. The molecular weight excluding hydrogens is 282 g/mol. The van der Waals surface area contributed by atoms with Gasteiger partial charge in [0.1, 0.15) is 11.8 Å². The average Bonchev–Trinajstić information content (AvgIpc) is 2.37. The molecule has 1 aromatic rings. The fraction of sp³-hybridized carbons (Fsp3) is 0.182. The number of rotatable bonds is 5. The summed E-state index contributed by atoms with van der Waals surface area (Å²) in [6.07, 6.45) is 1.06. The van der Waals surface area contributed by atoms with Gasteiger partial charge in [-0.3, -0.25) is 10.8 Å². The van der Waals surface area contributed by atoms with Crippen LogP contribution in [0, 0.1) is 16.7 Å². The second kappa shape index (κ2) is 6.03. The van der Waals surface area contributed by atoms with Crippen LogP contribution in [0.2, 0.25) is 0 Å². The van der Waals surface area contributed by atoms with E-state index in [0.29, 0.717) is 11.4 Å². The van der Waals surface area contributed by atoms with Crippen molar-refractivity contribution < 1.29 is 13.2 Å². The maximum Gasteiger partial charge on any atom is 0.201 e. The number of nitrogens with one attached hydrogen (secondary N) is 2. The molecule has 0 aliphatic heterocycles. The molecule has 0 heterocycles. The van der Waals surface area contributed by atoms with E-state index in [1.54, 1.807) is 6.07 Å². The molecule has 0 saturated carbocycles. The Hall–Kier alpha value is -2.60. The monoisotopic (exact) mass is 295 g/mol. The molecule has 1 rings (SSSR count). The molecule has 0 spiro atoms. The number of amidine groups is 1. The first-order valence-corrected chi connectivity index (χ1v) is 7.14. The highest BCUT2D eigenvalue weighted by Crippen LogP contribution is 2.23. The lowest BCUT2D eigenvalue weighted by atomic mass is 10.3. The number of hydrogen-bond donors (Lipinski definition) is 3. The Labute approximate surface area is 116 Å². The molecule has 0 saturated heterocycles. The second-order valence-electron chi connectivity index (χ2n) is 3.77. The summed E-state index contributed by atoms with van der Waals surface area (Å²) in [6, 6.07) is 5.82. The number of hydrazone groups is 1. The number of nitrogens with zero attached hydrogens (tertiary/aromatic N) is 2. The number of ether oxygens (including phenoxy) is 1. The minimum absolute atomic E-state index is 0.0379. The molecule has 0 aliphatic rings. The second-order valence-corrected chi connectivity index (χ2v) is 5.78. The first-order chi connectivity index (χ1) is 9.27. The first kappa shape index (κ1) is 15.5. The predicted molar refractivity (Wildman–Crippen MR) is 74.7 cm³/mol. The summed E-state index contributed by atoms with van der Waals surface area (Å²) in [5.74, 6) is -0.182. The lowest BCUT2D eigenvalue weighted by molar-refractivity contribution is 0.413. The van der Waals surface area contributed by atoms with Crippen molar-refractivity contribution in [3.8, 4) is 11.8 Å². The van der Waals surface area contributed by atoms with E-state index in [2.05, 4.69) is 10.5 Å². The minimum Gasteiger partial charge on any atom is -0.497 e. The van der Waals surface area contributed by atoms with Gasteiger partial charge in [-0.2, -0.15) is 10.4 Å². The van der Waals surface area contributed by atoms with E-state index in [4.69, 9.17) is 21.1 Å². The lowest BCUT2D eigenvalue weighted by Crippen LogP contribution is -2.21. The van der Waals surface area contributed by atoms with Gasteiger partial charge in [0.15, 0.2) is 15.7 Å². The van der Waals surface area contributed by atoms with E-state index in [9.17, 15) is 8.42 Å². The summed E-state index contributed by atoms with van der Waals surface area (Å²) in [7, 11) is -2.03. The summed E-state index contributed by atoms with van der Waals surface area (Å²) in [4.78, 5) is 0.0379. The van der Waals surface area contributed by atoms with E-state index in [0.717, 1.165) is 6.26 Å². The van der Waals surface area contributed by atoms with E-state index in [1.165, 1.54) is 25.3 Å². The summed E-state index contributed by atoms with van der Waals surface area (Å²) in [5.41, 5.74) is 7.58. The topological polar surface area (TPSA) is 141 Å². The summed E-state index contributed by atoms with van der Waals surface area (Å²) >= 11 is 0. The van der Waals surface area contributed by atoms with Gasteiger partial charge in [-0.05, 0) is 12.1 Å². The van der Waals surface area contributed by atoms with Gasteiger partial charge in [0, 0.05) is 12.3 Å². The standard InChI is InChI=1S/C11H13N5O3S/c1-19-8-3-7(4-9(5-8)20(2,17)18)15-16-10(6-12)11(13)14/h3-5,15H,1-2H3,(H3,13,14)/b16-10+. The predicted octanol–water partition coefficient (Wildman–Crippen LogP) is 0.326. The highest BCUT2D eigenvalue weighted by molar-refractivity contribution is 7.90. The van der Waals surface area contributed by atoms with Gasteiger partial charge >= 0.3 is 0 Å². The smallest absolute Gasteiger partial charge is 0.201 e. The molecule has 20 heavy (non-hydrogen) atoms. The number of methoxy groups -OCH3 is 1. The van der Waals surface area contributed by atoms with Crippen molar-refractivity contribution >= 4 is 27.1 Å². The SMILES string of the molecule is COc1cc(N/N=C(\C#N)C(=N)N)cc(S(C)(=O)=O)c1. The molecule has 4 N–H and O–H groups in total. The molecule has 1 aromatic carbocycles. The molecule has 106 valence electrons. The highest BCUT2D eigenvalue weighted by atomic mass is 32.2. The Morgan fingerprint density at radius 1 is 1.50 bits per heavy atom. The van der Waals surface area contributed by atoms with Gasteiger partial charge in [-0.15, -0.1) is 0 Å². The number of anilines is 1. The number of nitriles is 1. The van der Waals surface area contributed by atoms with Crippen LogP contribution in [0.15, 0.2) is 28.2 Å². The highest BCUT2D eigenvalue weighted by Gasteiger charge is 2.11. The maximum atomic E-state index is 11.5. The maximum absolute atomic E-state index is 11.5. The third-order valence-electron chi connectivity index (χ3n) is 2.20. The zero-order valence-corrected chi connectivity index (χ0v) is 11.7. The van der Waals surface area contributed by atoms with Crippen LogP contribution in [0.3, 0.4) is 0 Å². The summed E-state index contributed by atoms with van der Waals surface area (Å²) < 4.78 is 28.0. The summed E-state index contributed by atoms with van der Waals surface area (Å²) in [5, 5.41) is 19.4. The van der Waals surface area contributed by atoms with Gasteiger partial charge < -0.3 is 10.5 Å². The van der Waals surface area contributed by atoms with Crippen LogP contribution in [0.4, 0.5) is 5.69 Å². The van der Waals surface area contributed by atoms with Crippen LogP contribution in [-0.2, 0) is 9.84 Å². The van der Waals surface area contributed by atoms with E-state index in [-0.39, 0.29) is 10.6 Å². The van der Waals surface area contributed by atoms with E-state index >= 15 is 0 Å². The van der Waals surface area contributed by atoms with Crippen molar-refractivity contribution in [2.75, 3.05) is 18.8 Å². The Morgan fingerprint density at radius 2 is 2.15 bits per heavy atom. The third kappa shape index (κ3) is 3.96. The molecule has 0 aliphatic carbocycles. The van der Waals surface area contributed by atoms with Crippen LogP contribution < -0.4 is 15.9 Å². The first-order valence-electron chi connectivity index (χ1n) is 5.25. The van der Waals surface area contributed by atoms with Gasteiger partial charge in [-0.25, -0.2) is 8.42 Å². The zero-order valence-electron chi connectivity index (χ0n) is 10.8. The molecule has 8 nitrogen and oxygen atoms in total. The number of hydrogen-bond acceptors (Lipinski definition) is 7. The fourth-order valence-electron chi connectivity index (χ4n) is 1.23. The summed E-state index contributed by atoms with van der Waals surface area (Å²) in [6.45, 7) is 0. The van der Waals surface area contributed by atoms with Crippen LogP contribution in [0.1, 0.15) is 0 Å². The fourth-order valence-corrected chi connectivity index (χ4v) is 1.91.